The van der Waals surface area contributed by atoms with Crippen molar-refractivity contribution in [3.8, 4) is 22.6 Å². The SMILES string of the molecule is COc1ccc(B(C)O)cc1-c1ccc2c(O)cnnc2c1. The van der Waals surface area contributed by atoms with Crippen molar-refractivity contribution in [1.29, 1.82) is 0 Å². The van der Waals surface area contributed by atoms with E-state index in [2.05, 4.69) is 10.2 Å². The molecule has 2 aromatic carbocycles. The third kappa shape index (κ3) is 2.49. The molecule has 0 radical (unpaired) electrons. The molecule has 110 valence electrons. The standard InChI is InChI=1S/C16H15BN2O3/c1-17(21)11-4-6-16(22-2)13(8-11)10-3-5-12-14(7-10)19-18-9-15(12)20/h3-9,21H,1-2H3,(H,19,20). The molecule has 0 aliphatic heterocycles. The summed E-state index contributed by atoms with van der Waals surface area (Å²) in [6, 6.07) is 11.1. The van der Waals surface area contributed by atoms with Crippen molar-refractivity contribution in [2.24, 2.45) is 0 Å². The van der Waals surface area contributed by atoms with Crippen molar-refractivity contribution in [3.63, 3.8) is 0 Å². The van der Waals surface area contributed by atoms with E-state index < -0.39 is 6.92 Å². The van der Waals surface area contributed by atoms with Gasteiger partial charge in [0.25, 0.3) is 0 Å². The van der Waals surface area contributed by atoms with E-state index in [0.29, 0.717) is 16.7 Å². The highest BCUT2D eigenvalue weighted by molar-refractivity contribution is 6.64. The zero-order valence-electron chi connectivity index (χ0n) is 12.3. The third-order valence-corrected chi connectivity index (χ3v) is 3.64. The number of aromatic nitrogens is 2. The van der Waals surface area contributed by atoms with Gasteiger partial charge in [0.2, 0.25) is 0 Å². The quantitative estimate of drug-likeness (QED) is 0.721. The Morgan fingerprint density at radius 1 is 1.14 bits per heavy atom. The van der Waals surface area contributed by atoms with Gasteiger partial charge in [-0.3, -0.25) is 0 Å². The van der Waals surface area contributed by atoms with E-state index in [1.54, 1.807) is 20.0 Å². The van der Waals surface area contributed by atoms with Crippen molar-refractivity contribution in [2.75, 3.05) is 7.11 Å². The van der Waals surface area contributed by atoms with Crippen LogP contribution >= 0.6 is 0 Å². The predicted molar refractivity (Wildman–Crippen MR) is 86.7 cm³/mol. The zero-order chi connectivity index (χ0) is 15.7. The molecule has 0 aliphatic rings. The van der Waals surface area contributed by atoms with Crippen LogP contribution in [-0.2, 0) is 0 Å². The topological polar surface area (TPSA) is 75.5 Å². The maximum atomic E-state index is 9.79. The average Bonchev–Trinajstić information content (AvgIpc) is 2.54. The van der Waals surface area contributed by atoms with Crippen molar-refractivity contribution < 1.29 is 14.9 Å². The molecule has 3 rings (SSSR count). The summed E-state index contributed by atoms with van der Waals surface area (Å²) >= 11 is 0. The summed E-state index contributed by atoms with van der Waals surface area (Å²) in [6.07, 6.45) is 1.32. The van der Waals surface area contributed by atoms with Gasteiger partial charge in [0, 0.05) is 10.9 Å². The Kier molecular flexibility index (Phi) is 3.69. The fourth-order valence-electron chi connectivity index (χ4n) is 2.42. The number of methoxy groups -OCH3 is 1. The van der Waals surface area contributed by atoms with Gasteiger partial charge in [-0.05, 0) is 29.2 Å². The van der Waals surface area contributed by atoms with Gasteiger partial charge in [0.05, 0.1) is 18.8 Å². The second-order valence-corrected chi connectivity index (χ2v) is 5.10. The maximum absolute atomic E-state index is 9.79. The number of hydrogen-bond donors (Lipinski definition) is 2. The predicted octanol–water partition coefficient (Wildman–Crippen LogP) is 1.83. The molecule has 1 heterocycles. The van der Waals surface area contributed by atoms with E-state index in [-0.39, 0.29) is 5.75 Å². The van der Waals surface area contributed by atoms with Crippen LogP contribution in [0.1, 0.15) is 0 Å². The number of fused-ring (bicyclic) bond motifs is 1. The Labute approximate surface area is 128 Å². The minimum atomic E-state index is -0.561. The smallest absolute Gasteiger partial charge is 0.320 e. The van der Waals surface area contributed by atoms with Crippen LogP contribution in [0.15, 0.2) is 42.6 Å². The van der Waals surface area contributed by atoms with E-state index in [9.17, 15) is 10.1 Å². The highest BCUT2D eigenvalue weighted by Gasteiger charge is 2.13. The molecule has 0 saturated carbocycles. The van der Waals surface area contributed by atoms with Crippen LogP contribution in [-0.4, -0.2) is 34.4 Å². The van der Waals surface area contributed by atoms with Crippen molar-refractivity contribution in [2.45, 2.75) is 6.82 Å². The van der Waals surface area contributed by atoms with Gasteiger partial charge < -0.3 is 14.9 Å². The molecule has 0 bridgehead atoms. The number of rotatable bonds is 3. The fraction of sp³-hybridized carbons (Fsp3) is 0.125. The summed E-state index contributed by atoms with van der Waals surface area (Å²) in [7, 11) is 1.60. The number of nitrogens with zero attached hydrogens (tertiary/aromatic N) is 2. The molecule has 0 aliphatic carbocycles. The summed E-state index contributed by atoms with van der Waals surface area (Å²) < 4.78 is 5.40. The molecule has 0 atom stereocenters. The number of hydrogen-bond acceptors (Lipinski definition) is 5. The highest BCUT2D eigenvalue weighted by Crippen LogP contribution is 2.32. The van der Waals surface area contributed by atoms with E-state index in [0.717, 1.165) is 16.6 Å². The van der Waals surface area contributed by atoms with Gasteiger partial charge >= 0.3 is 6.92 Å². The molecule has 22 heavy (non-hydrogen) atoms. The normalized spacial score (nSPS) is 10.7. The molecule has 2 N–H and O–H groups in total. The van der Waals surface area contributed by atoms with Crippen LogP contribution in [0.2, 0.25) is 6.82 Å². The summed E-state index contributed by atoms with van der Waals surface area (Å²) in [4.78, 5) is 0. The van der Waals surface area contributed by atoms with Gasteiger partial charge in [-0.15, -0.1) is 0 Å². The molecule has 1 aromatic heterocycles. The lowest BCUT2D eigenvalue weighted by Crippen LogP contribution is -2.26. The van der Waals surface area contributed by atoms with Crippen LogP contribution in [0.4, 0.5) is 0 Å². The third-order valence-electron chi connectivity index (χ3n) is 3.64. The van der Waals surface area contributed by atoms with Crippen molar-refractivity contribution in [3.05, 3.63) is 42.6 Å². The van der Waals surface area contributed by atoms with Crippen molar-refractivity contribution >= 4 is 23.3 Å². The Balaban J connectivity index is 2.19. The minimum absolute atomic E-state index is 0.0984. The van der Waals surface area contributed by atoms with Crippen LogP contribution in [0.5, 0.6) is 11.5 Å². The van der Waals surface area contributed by atoms with Gasteiger partial charge in [-0.2, -0.15) is 10.2 Å². The number of aromatic hydroxyl groups is 1. The highest BCUT2D eigenvalue weighted by atomic mass is 16.5. The van der Waals surface area contributed by atoms with Gasteiger partial charge in [0.1, 0.15) is 11.5 Å². The summed E-state index contributed by atoms with van der Waals surface area (Å²) in [5.74, 6) is 0.804. The number of benzene rings is 2. The monoisotopic (exact) mass is 294 g/mol. The van der Waals surface area contributed by atoms with Gasteiger partial charge in [-0.25, -0.2) is 0 Å². The van der Waals surface area contributed by atoms with E-state index in [1.807, 2.05) is 30.3 Å². The lowest BCUT2D eigenvalue weighted by Gasteiger charge is -2.12. The Morgan fingerprint density at radius 2 is 1.95 bits per heavy atom. The average molecular weight is 294 g/mol. The van der Waals surface area contributed by atoms with Crippen LogP contribution in [0.25, 0.3) is 22.0 Å². The molecule has 0 spiro atoms. The molecule has 6 heteroatoms. The second kappa shape index (κ2) is 5.65. The number of ether oxygens (including phenoxy) is 1. The van der Waals surface area contributed by atoms with Crippen molar-refractivity contribution in [1.82, 2.24) is 10.2 Å². The first-order valence-corrected chi connectivity index (χ1v) is 6.91. The molecule has 3 aromatic rings. The summed E-state index contributed by atoms with van der Waals surface area (Å²) in [5.41, 5.74) is 3.14. The largest absolute Gasteiger partial charge is 0.506 e. The first-order chi connectivity index (χ1) is 10.6. The Morgan fingerprint density at radius 3 is 2.68 bits per heavy atom. The van der Waals surface area contributed by atoms with Crippen LogP contribution in [0.3, 0.4) is 0 Å². The van der Waals surface area contributed by atoms with E-state index in [4.69, 9.17) is 4.74 Å². The zero-order valence-corrected chi connectivity index (χ0v) is 12.3. The maximum Gasteiger partial charge on any atom is 0.320 e. The summed E-state index contributed by atoms with van der Waals surface area (Å²) in [6.45, 7) is 1.16. The molecule has 0 unspecified atom stereocenters. The molecule has 0 saturated heterocycles. The van der Waals surface area contributed by atoms with Crippen LogP contribution < -0.4 is 10.2 Å². The first kappa shape index (κ1) is 14.3. The molecule has 0 fully saturated rings. The Bertz CT molecular complexity index is 837. The lowest BCUT2D eigenvalue weighted by atomic mass is 9.64. The second-order valence-electron chi connectivity index (χ2n) is 5.10. The minimum Gasteiger partial charge on any atom is -0.506 e. The van der Waals surface area contributed by atoms with Crippen LogP contribution in [0, 0.1) is 0 Å². The van der Waals surface area contributed by atoms with Gasteiger partial charge in [-0.1, -0.05) is 25.0 Å². The van der Waals surface area contributed by atoms with E-state index >= 15 is 0 Å². The lowest BCUT2D eigenvalue weighted by molar-refractivity contribution is 0.416. The summed E-state index contributed by atoms with van der Waals surface area (Å²) in [5, 5.41) is 28.0. The van der Waals surface area contributed by atoms with E-state index in [1.165, 1.54) is 6.20 Å². The molecule has 0 amide bonds. The molecular weight excluding hydrogens is 279 g/mol. The fourth-order valence-corrected chi connectivity index (χ4v) is 2.42. The molecular formula is C16H15BN2O3. The first-order valence-electron chi connectivity index (χ1n) is 6.91. The molecule has 5 nitrogen and oxygen atoms in total. The van der Waals surface area contributed by atoms with Gasteiger partial charge in [0.15, 0.2) is 0 Å². The Hall–Kier alpha value is -2.60.